The molecule has 0 aromatic carbocycles. The van der Waals surface area contributed by atoms with Crippen LogP contribution in [-0.2, 0) is 9.84 Å². The molecule has 7 heteroatoms. The van der Waals surface area contributed by atoms with Gasteiger partial charge in [0.25, 0.3) is 5.91 Å². The van der Waals surface area contributed by atoms with Gasteiger partial charge in [-0.3, -0.25) is 9.78 Å². The predicted molar refractivity (Wildman–Crippen MR) is 68.2 cm³/mol. The molecule has 1 fully saturated rings. The van der Waals surface area contributed by atoms with E-state index in [1.807, 2.05) is 4.90 Å². The van der Waals surface area contributed by atoms with Gasteiger partial charge in [0.1, 0.15) is 5.69 Å². The summed E-state index contributed by atoms with van der Waals surface area (Å²) in [6, 6.07) is 3.35. The van der Waals surface area contributed by atoms with Gasteiger partial charge in [0.2, 0.25) is 0 Å². The van der Waals surface area contributed by atoms with E-state index in [1.54, 1.807) is 12.1 Å². The Labute approximate surface area is 106 Å². The van der Waals surface area contributed by atoms with Crippen molar-refractivity contribution in [3.8, 4) is 0 Å². The molecular weight excluding hydrogens is 254 g/mol. The highest BCUT2D eigenvalue weighted by molar-refractivity contribution is 7.91. The number of aromatic nitrogens is 1. The Morgan fingerprint density at radius 1 is 1.33 bits per heavy atom. The number of nitrogens with two attached hydrogens (primary N) is 1. The van der Waals surface area contributed by atoms with E-state index in [9.17, 15) is 13.2 Å². The first-order chi connectivity index (χ1) is 8.48. The van der Waals surface area contributed by atoms with E-state index < -0.39 is 15.7 Å². The highest BCUT2D eigenvalue weighted by Crippen LogP contribution is 2.17. The van der Waals surface area contributed by atoms with Gasteiger partial charge in [-0.25, -0.2) is 8.42 Å². The van der Waals surface area contributed by atoms with Crippen molar-refractivity contribution in [3.05, 3.63) is 24.0 Å². The van der Waals surface area contributed by atoms with E-state index >= 15 is 0 Å². The lowest BCUT2D eigenvalue weighted by atomic mass is 10.2. The second-order valence-electron chi connectivity index (χ2n) is 4.26. The van der Waals surface area contributed by atoms with Gasteiger partial charge in [-0.1, -0.05) is 0 Å². The van der Waals surface area contributed by atoms with Crippen molar-refractivity contribution in [2.24, 2.45) is 5.73 Å². The van der Waals surface area contributed by atoms with E-state index in [2.05, 4.69) is 4.98 Å². The molecule has 0 atom stereocenters. The van der Waals surface area contributed by atoms with Crippen LogP contribution in [0, 0.1) is 0 Å². The fourth-order valence-corrected chi connectivity index (χ4v) is 3.22. The molecule has 2 N–H and O–H groups in total. The zero-order valence-corrected chi connectivity index (χ0v) is 10.7. The van der Waals surface area contributed by atoms with Crippen LogP contribution in [0.1, 0.15) is 16.9 Å². The van der Waals surface area contributed by atoms with Crippen LogP contribution in [0.25, 0.3) is 0 Å². The molecule has 0 unspecified atom stereocenters. The van der Waals surface area contributed by atoms with Gasteiger partial charge in [-0.05, 0) is 18.6 Å². The molecule has 2 heterocycles. The first kappa shape index (κ1) is 12.8. The summed E-state index contributed by atoms with van der Waals surface area (Å²) in [7, 11) is -2.94. The van der Waals surface area contributed by atoms with E-state index in [4.69, 9.17) is 5.73 Å². The fraction of sp³-hybridized carbons (Fsp3) is 0.455. The highest BCUT2D eigenvalue weighted by Gasteiger charge is 2.19. The van der Waals surface area contributed by atoms with Gasteiger partial charge in [0.15, 0.2) is 9.84 Å². The first-order valence-corrected chi connectivity index (χ1v) is 7.51. The van der Waals surface area contributed by atoms with Crippen molar-refractivity contribution >= 4 is 21.4 Å². The number of primary amides is 1. The van der Waals surface area contributed by atoms with Crippen molar-refractivity contribution in [2.45, 2.75) is 6.42 Å². The van der Waals surface area contributed by atoms with Crippen molar-refractivity contribution in [1.82, 2.24) is 4.98 Å². The summed E-state index contributed by atoms with van der Waals surface area (Å²) in [6.45, 7) is 1.09. The molecule has 18 heavy (non-hydrogen) atoms. The van der Waals surface area contributed by atoms with E-state index in [-0.39, 0.29) is 17.2 Å². The lowest BCUT2D eigenvalue weighted by Gasteiger charge is -2.22. The maximum atomic E-state index is 11.5. The molecule has 0 bridgehead atoms. The standard InChI is InChI=1S/C11H15N3O3S/c12-11(15)10-8-9(2-3-13-10)14-4-1-6-18(16,17)7-5-14/h2-3,8H,1,4-7H2,(H2,12,15). The number of carbonyl (C=O) groups excluding carboxylic acids is 1. The summed E-state index contributed by atoms with van der Waals surface area (Å²) in [4.78, 5) is 16.9. The normalized spacial score (nSPS) is 19.2. The Balaban J connectivity index is 2.21. The van der Waals surface area contributed by atoms with Crippen molar-refractivity contribution < 1.29 is 13.2 Å². The summed E-state index contributed by atoms with van der Waals surface area (Å²) >= 11 is 0. The summed E-state index contributed by atoms with van der Waals surface area (Å²) in [5.74, 6) is -0.224. The second kappa shape index (κ2) is 4.93. The summed E-state index contributed by atoms with van der Waals surface area (Å²) < 4.78 is 23.0. The molecule has 6 nitrogen and oxygen atoms in total. The van der Waals surface area contributed by atoms with Crippen LogP contribution in [0.4, 0.5) is 5.69 Å². The Bertz CT molecular complexity index is 556. The molecule has 1 aromatic rings. The summed E-state index contributed by atoms with van der Waals surface area (Å²) in [5, 5.41) is 0. The van der Waals surface area contributed by atoms with Gasteiger partial charge in [0.05, 0.1) is 11.5 Å². The van der Waals surface area contributed by atoms with Gasteiger partial charge >= 0.3 is 0 Å². The largest absolute Gasteiger partial charge is 0.370 e. The molecule has 1 amide bonds. The van der Waals surface area contributed by atoms with Crippen LogP contribution < -0.4 is 10.6 Å². The average Bonchev–Trinajstić information content (AvgIpc) is 2.50. The van der Waals surface area contributed by atoms with Crippen molar-refractivity contribution in [1.29, 1.82) is 0 Å². The summed E-state index contributed by atoms with van der Waals surface area (Å²) in [5.41, 5.74) is 6.15. The number of rotatable bonds is 2. The molecule has 1 saturated heterocycles. The van der Waals surface area contributed by atoms with Crippen LogP contribution in [-0.4, -0.2) is 43.9 Å². The fourth-order valence-electron chi connectivity index (χ4n) is 1.95. The molecule has 0 radical (unpaired) electrons. The number of carbonyl (C=O) groups is 1. The zero-order valence-electron chi connectivity index (χ0n) is 9.87. The lowest BCUT2D eigenvalue weighted by molar-refractivity contribution is 0.0995. The minimum atomic E-state index is -2.94. The quantitative estimate of drug-likeness (QED) is 0.803. The van der Waals surface area contributed by atoms with E-state index in [1.165, 1.54) is 6.20 Å². The lowest BCUT2D eigenvalue weighted by Crippen LogP contribution is -2.27. The predicted octanol–water partition coefficient (Wildman–Crippen LogP) is -0.195. The monoisotopic (exact) mass is 269 g/mol. The molecule has 2 rings (SSSR count). The third kappa shape index (κ3) is 2.98. The Hall–Kier alpha value is -1.63. The molecular formula is C11H15N3O3S. The Kier molecular flexibility index (Phi) is 3.51. The molecule has 1 aliphatic heterocycles. The topological polar surface area (TPSA) is 93.4 Å². The zero-order chi connectivity index (χ0) is 13.2. The smallest absolute Gasteiger partial charge is 0.267 e. The van der Waals surface area contributed by atoms with Gasteiger partial charge < -0.3 is 10.6 Å². The number of hydrogen-bond donors (Lipinski definition) is 1. The van der Waals surface area contributed by atoms with Crippen LogP contribution in [0.2, 0.25) is 0 Å². The minimum Gasteiger partial charge on any atom is -0.370 e. The molecule has 1 aromatic heterocycles. The van der Waals surface area contributed by atoms with Crippen LogP contribution in [0.15, 0.2) is 18.3 Å². The second-order valence-corrected chi connectivity index (χ2v) is 6.56. The number of nitrogens with zero attached hydrogens (tertiary/aromatic N) is 2. The minimum absolute atomic E-state index is 0.140. The van der Waals surface area contributed by atoms with E-state index in [0.717, 1.165) is 5.69 Å². The Morgan fingerprint density at radius 3 is 2.83 bits per heavy atom. The molecule has 98 valence electrons. The average molecular weight is 269 g/mol. The maximum absolute atomic E-state index is 11.5. The highest BCUT2D eigenvalue weighted by atomic mass is 32.2. The van der Waals surface area contributed by atoms with Gasteiger partial charge in [-0.15, -0.1) is 0 Å². The molecule has 0 saturated carbocycles. The maximum Gasteiger partial charge on any atom is 0.267 e. The van der Waals surface area contributed by atoms with E-state index in [0.29, 0.717) is 19.5 Å². The van der Waals surface area contributed by atoms with Gasteiger partial charge in [0, 0.05) is 25.0 Å². The first-order valence-electron chi connectivity index (χ1n) is 5.69. The molecule has 1 aliphatic rings. The molecule has 0 aliphatic carbocycles. The number of amides is 1. The summed E-state index contributed by atoms with van der Waals surface area (Å²) in [6.07, 6.45) is 2.10. The number of pyridine rings is 1. The molecule has 0 spiro atoms. The van der Waals surface area contributed by atoms with Crippen molar-refractivity contribution in [2.75, 3.05) is 29.5 Å². The van der Waals surface area contributed by atoms with Crippen molar-refractivity contribution in [3.63, 3.8) is 0 Å². The third-order valence-corrected chi connectivity index (χ3v) is 4.63. The van der Waals surface area contributed by atoms with Crippen LogP contribution in [0.5, 0.6) is 0 Å². The Morgan fingerprint density at radius 2 is 2.11 bits per heavy atom. The number of sulfone groups is 1. The van der Waals surface area contributed by atoms with Gasteiger partial charge in [-0.2, -0.15) is 0 Å². The SMILES string of the molecule is NC(=O)c1cc(N2CCCS(=O)(=O)CC2)ccn1. The van der Waals surface area contributed by atoms with Crippen LogP contribution >= 0.6 is 0 Å². The number of hydrogen-bond acceptors (Lipinski definition) is 5. The third-order valence-electron chi connectivity index (χ3n) is 2.92. The van der Waals surface area contributed by atoms with Crippen LogP contribution in [0.3, 0.4) is 0 Å². The number of anilines is 1.